The molecule has 0 unspecified atom stereocenters. The van der Waals surface area contributed by atoms with E-state index in [2.05, 4.69) is 0 Å². The highest BCUT2D eigenvalue weighted by Crippen LogP contribution is 2.26. The fraction of sp³-hybridized carbons (Fsp3) is 0.571. The van der Waals surface area contributed by atoms with Crippen molar-refractivity contribution in [3.05, 3.63) is 30.1 Å². The van der Waals surface area contributed by atoms with Crippen LogP contribution >= 0.6 is 0 Å². The summed E-state index contributed by atoms with van der Waals surface area (Å²) in [5.41, 5.74) is 0. The summed E-state index contributed by atoms with van der Waals surface area (Å²) in [7, 11) is -2.16. The molecular weight excluding hydrogens is 265 g/mol. The van der Waals surface area contributed by atoms with Crippen LogP contribution in [0.2, 0.25) is 0 Å². The maximum absolute atomic E-state index is 13.7. The Kier molecular flexibility index (Phi) is 4.58. The molecular formula is C14H20FNO2S. The first-order valence-corrected chi connectivity index (χ1v) is 8.20. The third kappa shape index (κ3) is 3.15. The topological polar surface area (TPSA) is 37.4 Å². The monoisotopic (exact) mass is 285 g/mol. The van der Waals surface area contributed by atoms with E-state index in [9.17, 15) is 12.8 Å². The molecule has 0 amide bonds. The summed E-state index contributed by atoms with van der Waals surface area (Å²) in [6.07, 6.45) is 6.13. The van der Waals surface area contributed by atoms with Crippen LogP contribution < -0.4 is 0 Å². The van der Waals surface area contributed by atoms with Crippen molar-refractivity contribution in [3.63, 3.8) is 0 Å². The minimum absolute atomic E-state index is 0.00731. The average molecular weight is 285 g/mol. The van der Waals surface area contributed by atoms with E-state index in [1.165, 1.54) is 22.5 Å². The zero-order chi connectivity index (χ0) is 13.9. The van der Waals surface area contributed by atoms with E-state index in [1.807, 2.05) is 0 Å². The molecule has 1 aromatic rings. The van der Waals surface area contributed by atoms with Gasteiger partial charge in [-0.1, -0.05) is 37.8 Å². The van der Waals surface area contributed by atoms with Gasteiger partial charge in [0, 0.05) is 13.1 Å². The zero-order valence-corrected chi connectivity index (χ0v) is 12.0. The summed E-state index contributed by atoms with van der Waals surface area (Å²) >= 11 is 0. The summed E-state index contributed by atoms with van der Waals surface area (Å²) < 4.78 is 39.9. The zero-order valence-electron chi connectivity index (χ0n) is 11.2. The third-order valence-electron chi connectivity index (χ3n) is 3.83. The van der Waals surface area contributed by atoms with E-state index in [-0.39, 0.29) is 10.9 Å². The van der Waals surface area contributed by atoms with E-state index < -0.39 is 15.8 Å². The Morgan fingerprint density at radius 1 is 1.11 bits per heavy atom. The molecule has 1 aliphatic carbocycles. The third-order valence-corrected chi connectivity index (χ3v) is 5.78. The lowest BCUT2D eigenvalue weighted by molar-refractivity contribution is 0.334. The second-order valence-corrected chi connectivity index (χ2v) is 7.06. The molecule has 2 rings (SSSR count). The highest BCUT2D eigenvalue weighted by Gasteiger charge is 2.30. The predicted octanol–water partition coefficient (Wildman–Crippen LogP) is 3.17. The van der Waals surface area contributed by atoms with Crippen LogP contribution in [0.4, 0.5) is 4.39 Å². The van der Waals surface area contributed by atoms with Crippen molar-refractivity contribution in [2.24, 2.45) is 0 Å². The number of hydrogen-bond donors (Lipinski definition) is 0. The number of sulfonamides is 1. The van der Waals surface area contributed by atoms with Crippen molar-refractivity contribution in [1.82, 2.24) is 4.31 Å². The first-order chi connectivity index (χ1) is 9.03. The Morgan fingerprint density at radius 2 is 1.68 bits per heavy atom. The van der Waals surface area contributed by atoms with Gasteiger partial charge in [0.1, 0.15) is 10.7 Å². The molecule has 0 aliphatic heterocycles. The quantitative estimate of drug-likeness (QED) is 0.800. The maximum atomic E-state index is 13.7. The van der Waals surface area contributed by atoms with Crippen LogP contribution in [0.1, 0.15) is 38.5 Å². The lowest BCUT2D eigenvalue weighted by Crippen LogP contribution is -2.37. The molecule has 0 bridgehead atoms. The van der Waals surface area contributed by atoms with Gasteiger partial charge in [0.25, 0.3) is 0 Å². The van der Waals surface area contributed by atoms with Crippen LogP contribution in [-0.4, -0.2) is 25.8 Å². The standard InChI is InChI=1S/C14H20FNO2S/c1-16(12-8-4-2-3-5-9-12)19(17,18)14-11-7-6-10-13(14)15/h6-7,10-12H,2-5,8-9H2,1H3. The molecule has 0 saturated heterocycles. The summed E-state index contributed by atoms with van der Waals surface area (Å²) in [5, 5.41) is 0. The van der Waals surface area contributed by atoms with Crippen molar-refractivity contribution >= 4 is 10.0 Å². The van der Waals surface area contributed by atoms with Crippen molar-refractivity contribution in [3.8, 4) is 0 Å². The molecule has 3 nitrogen and oxygen atoms in total. The molecule has 0 radical (unpaired) electrons. The molecule has 1 saturated carbocycles. The van der Waals surface area contributed by atoms with Crippen molar-refractivity contribution in [2.45, 2.75) is 49.5 Å². The number of benzene rings is 1. The number of nitrogens with zero attached hydrogens (tertiary/aromatic N) is 1. The molecule has 1 aromatic carbocycles. The maximum Gasteiger partial charge on any atom is 0.245 e. The minimum Gasteiger partial charge on any atom is -0.207 e. The molecule has 0 atom stereocenters. The van der Waals surface area contributed by atoms with E-state index in [4.69, 9.17) is 0 Å². The van der Waals surface area contributed by atoms with Gasteiger partial charge in [0.05, 0.1) is 0 Å². The molecule has 1 aliphatic rings. The summed E-state index contributed by atoms with van der Waals surface area (Å²) in [5.74, 6) is -0.678. The van der Waals surface area contributed by atoms with Crippen LogP contribution in [0.25, 0.3) is 0 Å². The van der Waals surface area contributed by atoms with Crippen molar-refractivity contribution in [1.29, 1.82) is 0 Å². The summed E-state index contributed by atoms with van der Waals surface area (Å²) in [6, 6.07) is 5.56. The molecule has 0 spiro atoms. The molecule has 0 aromatic heterocycles. The Bertz CT molecular complexity index is 522. The second kappa shape index (κ2) is 6.01. The fourth-order valence-corrected chi connectivity index (χ4v) is 4.11. The Morgan fingerprint density at radius 3 is 2.26 bits per heavy atom. The Labute approximate surface area is 114 Å². The van der Waals surface area contributed by atoms with E-state index in [0.29, 0.717) is 0 Å². The lowest BCUT2D eigenvalue weighted by Gasteiger charge is -2.26. The van der Waals surface area contributed by atoms with Crippen LogP contribution in [0, 0.1) is 5.82 Å². The first kappa shape index (κ1) is 14.5. The largest absolute Gasteiger partial charge is 0.245 e. The molecule has 106 valence electrons. The fourth-order valence-electron chi connectivity index (χ4n) is 2.63. The first-order valence-electron chi connectivity index (χ1n) is 6.76. The van der Waals surface area contributed by atoms with Crippen molar-refractivity contribution in [2.75, 3.05) is 7.05 Å². The molecule has 0 heterocycles. The normalized spacial score (nSPS) is 18.5. The summed E-state index contributed by atoms with van der Waals surface area (Å²) in [6.45, 7) is 0. The van der Waals surface area contributed by atoms with Gasteiger partial charge in [-0.3, -0.25) is 0 Å². The SMILES string of the molecule is CN(C1CCCCCC1)S(=O)(=O)c1ccccc1F. The van der Waals surface area contributed by atoms with Gasteiger partial charge in [0.2, 0.25) is 10.0 Å². The van der Waals surface area contributed by atoms with Gasteiger partial charge in [-0.2, -0.15) is 4.31 Å². The molecule has 1 fully saturated rings. The Hall–Kier alpha value is -0.940. The molecule has 5 heteroatoms. The molecule has 19 heavy (non-hydrogen) atoms. The summed E-state index contributed by atoms with van der Waals surface area (Å²) in [4.78, 5) is -0.221. The van der Waals surface area contributed by atoms with Gasteiger partial charge < -0.3 is 0 Å². The van der Waals surface area contributed by atoms with Gasteiger partial charge in [-0.15, -0.1) is 0 Å². The number of hydrogen-bond acceptors (Lipinski definition) is 2. The van der Waals surface area contributed by atoms with Gasteiger partial charge in [0.15, 0.2) is 0 Å². The average Bonchev–Trinajstić information content (AvgIpc) is 2.67. The highest BCUT2D eigenvalue weighted by atomic mass is 32.2. The van der Waals surface area contributed by atoms with Gasteiger partial charge in [-0.05, 0) is 25.0 Å². The highest BCUT2D eigenvalue weighted by molar-refractivity contribution is 7.89. The second-order valence-electron chi connectivity index (χ2n) is 5.10. The van der Waals surface area contributed by atoms with Crippen molar-refractivity contribution < 1.29 is 12.8 Å². The number of halogens is 1. The van der Waals surface area contributed by atoms with Crippen LogP contribution in [0.5, 0.6) is 0 Å². The van der Waals surface area contributed by atoms with Gasteiger partial charge >= 0.3 is 0 Å². The Balaban J connectivity index is 2.26. The minimum atomic E-state index is -3.73. The smallest absolute Gasteiger partial charge is 0.207 e. The predicted molar refractivity (Wildman–Crippen MR) is 72.8 cm³/mol. The van der Waals surface area contributed by atoms with Crippen LogP contribution in [0.15, 0.2) is 29.2 Å². The van der Waals surface area contributed by atoms with Crippen LogP contribution in [-0.2, 0) is 10.0 Å². The van der Waals surface area contributed by atoms with Gasteiger partial charge in [-0.25, -0.2) is 12.8 Å². The van der Waals surface area contributed by atoms with E-state index in [1.54, 1.807) is 13.1 Å². The van der Waals surface area contributed by atoms with E-state index in [0.717, 1.165) is 38.5 Å². The number of rotatable bonds is 3. The molecule has 0 N–H and O–H groups in total. The van der Waals surface area contributed by atoms with E-state index >= 15 is 0 Å². The lowest BCUT2D eigenvalue weighted by atomic mass is 10.1. The van der Waals surface area contributed by atoms with Crippen LogP contribution in [0.3, 0.4) is 0 Å².